The first kappa shape index (κ1) is 11.3. The molecule has 4 nitrogen and oxygen atoms in total. The number of H-pyrrole nitrogens is 1. The van der Waals surface area contributed by atoms with Gasteiger partial charge in [-0.25, -0.2) is 0 Å². The number of carbonyl (C=O) groups is 1. The summed E-state index contributed by atoms with van der Waals surface area (Å²) in [5, 5.41) is 8.00. The second-order valence-corrected chi connectivity index (χ2v) is 4.83. The third kappa shape index (κ3) is 1.78. The summed E-state index contributed by atoms with van der Waals surface area (Å²) >= 11 is 0. The fourth-order valence-corrected chi connectivity index (χ4v) is 2.69. The predicted octanol–water partition coefficient (Wildman–Crippen LogP) is 2.94. The van der Waals surface area contributed by atoms with Gasteiger partial charge in [-0.3, -0.25) is 9.89 Å². The maximum Gasteiger partial charge on any atom is 0.186 e. The summed E-state index contributed by atoms with van der Waals surface area (Å²) in [5.41, 5.74) is 1.44. The minimum Gasteiger partial charge on any atom is -0.497 e. The van der Waals surface area contributed by atoms with E-state index in [1.165, 1.54) is 0 Å². The summed E-state index contributed by atoms with van der Waals surface area (Å²) in [4.78, 5) is 12.4. The maximum absolute atomic E-state index is 12.4. The molecule has 1 fully saturated rings. The minimum atomic E-state index is 0.165. The molecule has 1 N–H and O–H groups in total. The van der Waals surface area contributed by atoms with Crippen LogP contribution in [0.25, 0.3) is 10.9 Å². The highest BCUT2D eigenvalue weighted by molar-refractivity contribution is 6.07. The molecule has 1 aromatic carbocycles. The Morgan fingerprint density at radius 3 is 2.89 bits per heavy atom. The molecule has 18 heavy (non-hydrogen) atoms. The third-order valence-corrected chi connectivity index (χ3v) is 3.73. The van der Waals surface area contributed by atoms with Gasteiger partial charge in [0, 0.05) is 17.4 Å². The fourth-order valence-electron chi connectivity index (χ4n) is 2.69. The lowest BCUT2D eigenvalue weighted by Gasteiger charge is -2.05. The van der Waals surface area contributed by atoms with Crippen LogP contribution < -0.4 is 4.74 Å². The van der Waals surface area contributed by atoms with Gasteiger partial charge in [0.1, 0.15) is 11.4 Å². The summed E-state index contributed by atoms with van der Waals surface area (Å²) in [6, 6.07) is 5.64. The van der Waals surface area contributed by atoms with Crippen LogP contribution in [0.3, 0.4) is 0 Å². The number of ketones is 1. The van der Waals surface area contributed by atoms with Crippen molar-refractivity contribution in [3.8, 4) is 5.75 Å². The number of carbonyl (C=O) groups excluding carboxylic acids is 1. The molecule has 0 atom stereocenters. The Hall–Kier alpha value is -1.84. The van der Waals surface area contributed by atoms with Crippen LogP contribution >= 0.6 is 0 Å². The summed E-state index contributed by atoms with van der Waals surface area (Å²) < 4.78 is 5.16. The number of hydrogen-bond acceptors (Lipinski definition) is 3. The number of ether oxygens (including phenoxy) is 1. The van der Waals surface area contributed by atoms with Crippen LogP contribution in [0.15, 0.2) is 18.2 Å². The van der Waals surface area contributed by atoms with Gasteiger partial charge in [0.15, 0.2) is 5.78 Å². The number of nitrogens with one attached hydrogen (secondary N) is 1. The van der Waals surface area contributed by atoms with Crippen LogP contribution in [0.2, 0.25) is 0 Å². The summed E-state index contributed by atoms with van der Waals surface area (Å²) in [6.07, 6.45) is 4.33. The quantitative estimate of drug-likeness (QED) is 0.844. The monoisotopic (exact) mass is 244 g/mol. The molecule has 0 radical (unpaired) electrons. The highest BCUT2D eigenvalue weighted by atomic mass is 16.5. The molecule has 0 amide bonds. The van der Waals surface area contributed by atoms with Gasteiger partial charge < -0.3 is 4.74 Å². The molecule has 0 aliphatic heterocycles. The van der Waals surface area contributed by atoms with Crippen molar-refractivity contribution < 1.29 is 9.53 Å². The fraction of sp³-hybridized carbons (Fsp3) is 0.429. The number of benzene rings is 1. The maximum atomic E-state index is 12.4. The SMILES string of the molecule is COc1ccc2c(C(=O)C3CCCC3)n[nH]c2c1. The number of methoxy groups -OCH3 is 1. The summed E-state index contributed by atoms with van der Waals surface area (Å²) in [7, 11) is 1.63. The van der Waals surface area contributed by atoms with Crippen LogP contribution in [0.1, 0.15) is 36.2 Å². The van der Waals surface area contributed by atoms with E-state index in [1.807, 2.05) is 18.2 Å². The van der Waals surface area contributed by atoms with Gasteiger partial charge in [-0.05, 0) is 25.0 Å². The zero-order valence-corrected chi connectivity index (χ0v) is 10.4. The number of Topliss-reactive ketones (excluding diaryl/α,β-unsaturated/α-hetero) is 1. The van der Waals surface area contributed by atoms with Crippen molar-refractivity contribution in [1.29, 1.82) is 0 Å². The molecular formula is C14H16N2O2. The van der Waals surface area contributed by atoms with Gasteiger partial charge in [-0.2, -0.15) is 5.10 Å². The van der Waals surface area contributed by atoms with Crippen molar-refractivity contribution in [2.45, 2.75) is 25.7 Å². The van der Waals surface area contributed by atoms with E-state index in [9.17, 15) is 4.79 Å². The van der Waals surface area contributed by atoms with E-state index >= 15 is 0 Å². The summed E-state index contributed by atoms with van der Waals surface area (Å²) in [5.74, 6) is 1.12. The number of fused-ring (bicyclic) bond motifs is 1. The molecule has 1 aromatic heterocycles. The Morgan fingerprint density at radius 1 is 1.39 bits per heavy atom. The molecule has 0 spiro atoms. The van der Waals surface area contributed by atoms with Crippen molar-refractivity contribution in [3.05, 3.63) is 23.9 Å². The Morgan fingerprint density at radius 2 is 2.17 bits per heavy atom. The molecule has 0 bridgehead atoms. The van der Waals surface area contributed by atoms with Crippen LogP contribution in [-0.2, 0) is 0 Å². The largest absolute Gasteiger partial charge is 0.497 e. The first-order valence-corrected chi connectivity index (χ1v) is 6.36. The minimum absolute atomic E-state index is 0.165. The third-order valence-electron chi connectivity index (χ3n) is 3.73. The van der Waals surface area contributed by atoms with E-state index in [2.05, 4.69) is 10.2 Å². The number of rotatable bonds is 3. The lowest BCUT2D eigenvalue weighted by atomic mass is 9.98. The second kappa shape index (κ2) is 4.44. The highest BCUT2D eigenvalue weighted by Crippen LogP contribution is 2.30. The Kier molecular flexibility index (Phi) is 2.78. The molecule has 3 rings (SSSR count). The first-order chi connectivity index (χ1) is 8.79. The van der Waals surface area contributed by atoms with E-state index in [0.717, 1.165) is 42.3 Å². The van der Waals surface area contributed by atoms with Gasteiger partial charge in [0.25, 0.3) is 0 Å². The van der Waals surface area contributed by atoms with Crippen molar-refractivity contribution in [2.75, 3.05) is 7.11 Å². The average molecular weight is 244 g/mol. The lowest BCUT2D eigenvalue weighted by molar-refractivity contribution is 0.0919. The van der Waals surface area contributed by atoms with Gasteiger partial charge >= 0.3 is 0 Å². The van der Waals surface area contributed by atoms with Crippen molar-refractivity contribution in [3.63, 3.8) is 0 Å². The molecule has 94 valence electrons. The number of aromatic nitrogens is 2. The molecule has 0 unspecified atom stereocenters. The molecule has 2 aromatic rings. The van der Waals surface area contributed by atoms with Crippen molar-refractivity contribution >= 4 is 16.7 Å². The first-order valence-electron chi connectivity index (χ1n) is 6.36. The molecule has 4 heteroatoms. The number of hydrogen-bond donors (Lipinski definition) is 1. The van der Waals surface area contributed by atoms with Crippen LogP contribution in [0, 0.1) is 5.92 Å². The van der Waals surface area contributed by atoms with Gasteiger partial charge in [-0.15, -0.1) is 0 Å². The lowest BCUT2D eigenvalue weighted by Crippen LogP contribution is -2.11. The smallest absolute Gasteiger partial charge is 0.186 e. The van der Waals surface area contributed by atoms with E-state index in [4.69, 9.17) is 4.74 Å². The van der Waals surface area contributed by atoms with E-state index in [-0.39, 0.29) is 11.7 Å². The van der Waals surface area contributed by atoms with Crippen molar-refractivity contribution in [2.24, 2.45) is 5.92 Å². The Labute approximate surface area is 105 Å². The van der Waals surface area contributed by atoms with Crippen LogP contribution in [0.5, 0.6) is 5.75 Å². The molecule has 1 heterocycles. The van der Waals surface area contributed by atoms with E-state index < -0.39 is 0 Å². The Balaban J connectivity index is 1.99. The molecule has 1 saturated carbocycles. The summed E-state index contributed by atoms with van der Waals surface area (Å²) in [6.45, 7) is 0. The topological polar surface area (TPSA) is 55.0 Å². The van der Waals surface area contributed by atoms with E-state index in [0.29, 0.717) is 5.69 Å². The zero-order valence-electron chi connectivity index (χ0n) is 10.4. The molecule has 1 aliphatic carbocycles. The average Bonchev–Trinajstić information content (AvgIpc) is 3.06. The van der Waals surface area contributed by atoms with Crippen LogP contribution in [0.4, 0.5) is 0 Å². The molecule has 0 saturated heterocycles. The second-order valence-electron chi connectivity index (χ2n) is 4.83. The van der Waals surface area contributed by atoms with Gasteiger partial charge in [0.2, 0.25) is 0 Å². The van der Waals surface area contributed by atoms with E-state index in [1.54, 1.807) is 7.11 Å². The zero-order chi connectivity index (χ0) is 12.5. The van der Waals surface area contributed by atoms with Gasteiger partial charge in [-0.1, -0.05) is 12.8 Å². The standard InChI is InChI=1S/C14H16N2O2/c1-18-10-6-7-11-12(8-10)15-16-13(11)14(17)9-4-2-3-5-9/h6-9H,2-5H2,1H3,(H,15,16). The molecular weight excluding hydrogens is 228 g/mol. The van der Waals surface area contributed by atoms with Crippen molar-refractivity contribution in [1.82, 2.24) is 10.2 Å². The highest BCUT2D eigenvalue weighted by Gasteiger charge is 2.26. The normalized spacial score (nSPS) is 16.3. The number of aromatic amines is 1. The molecule has 1 aliphatic rings. The van der Waals surface area contributed by atoms with Crippen LogP contribution in [-0.4, -0.2) is 23.1 Å². The number of nitrogens with zero attached hydrogens (tertiary/aromatic N) is 1. The predicted molar refractivity (Wildman–Crippen MR) is 68.9 cm³/mol. The van der Waals surface area contributed by atoms with Gasteiger partial charge in [0.05, 0.1) is 12.6 Å². The Bertz CT molecular complexity index is 582.